The summed E-state index contributed by atoms with van der Waals surface area (Å²) in [5.74, 6) is -3.13. The zero-order valence-electron chi connectivity index (χ0n) is 14.4. The van der Waals surface area contributed by atoms with Gasteiger partial charge in [-0.05, 0) is 36.1 Å². The number of amides is 1. The second kappa shape index (κ2) is 8.77. The smallest absolute Gasteiger partial charge is 0.305 e. The number of carboxylic acid groups (broad SMARTS) is 1. The molecule has 1 unspecified atom stereocenters. The molecule has 0 spiro atoms. The summed E-state index contributed by atoms with van der Waals surface area (Å²) >= 11 is 5.91. The van der Waals surface area contributed by atoms with E-state index in [0.717, 1.165) is 0 Å². The average molecular weight is 397 g/mol. The highest BCUT2D eigenvalue weighted by molar-refractivity contribution is 6.31. The fourth-order valence-corrected chi connectivity index (χ4v) is 2.95. The number of carbonyl (C=O) groups is 3. The Kier molecular flexibility index (Phi) is 6.68. The van der Waals surface area contributed by atoms with E-state index in [1.165, 1.54) is 10.8 Å². The van der Waals surface area contributed by atoms with Gasteiger partial charge >= 0.3 is 5.97 Å². The number of benzene rings is 1. The summed E-state index contributed by atoms with van der Waals surface area (Å²) in [6.45, 7) is 0.262. The van der Waals surface area contributed by atoms with Crippen molar-refractivity contribution in [2.75, 3.05) is 6.67 Å². The molecule has 0 fully saturated rings. The van der Waals surface area contributed by atoms with Crippen molar-refractivity contribution in [2.45, 2.75) is 31.8 Å². The number of halogens is 2. The molecule has 1 heterocycles. The first kappa shape index (κ1) is 20.6. The number of nitrogens with one attached hydrogen (secondary N) is 1. The number of nitrogens with zero attached hydrogens (tertiary/aromatic N) is 1. The van der Waals surface area contributed by atoms with Crippen molar-refractivity contribution in [2.24, 2.45) is 0 Å². The molecule has 144 valence electrons. The first-order valence-corrected chi connectivity index (χ1v) is 8.57. The van der Waals surface area contributed by atoms with Crippen molar-refractivity contribution in [3.05, 3.63) is 45.8 Å². The quantitative estimate of drug-likeness (QED) is 0.710. The van der Waals surface area contributed by atoms with Crippen LogP contribution < -0.4 is 10.9 Å². The third kappa shape index (κ3) is 4.71. The van der Waals surface area contributed by atoms with Crippen LogP contribution in [0.5, 0.6) is 0 Å². The molecule has 9 heteroatoms. The lowest BCUT2D eigenvalue weighted by Gasteiger charge is -2.21. The highest BCUT2D eigenvalue weighted by Gasteiger charge is 2.28. The van der Waals surface area contributed by atoms with Crippen LogP contribution in [0.25, 0.3) is 10.8 Å². The molecule has 2 N–H and O–H groups in total. The van der Waals surface area contributed by atoms with E-state index in [2.05, 4.69) is 5.32 Å². The van der Waals surface area contributed by atoms with Crippen LogP contribution in [0.2, 0.25) is 5.02 Å². The minimum atomic E-state index is -1.50. The number of aromatic nitrogens is 1. The van der Waals surface area contributed by atoms with Crippen molar-refractivity contribution in [3.63, 3.8) is 0 Å². The first-order chi connectivity index (χ1) is 12.8. The van der Waals surface area contributed by atoms with Crippen LogP contribution in [0.3, 0.4) is 0 Å². The van der Waals surface area contributed by atoms with Gasteiger partial charge in [-0.2, -0.15) is 0 Å². The number of pyridine rings is 1. The summed E-state index contributed by atoms with van der Waals surface area (Å²) in [5.41, 5.74) is -0.433. The molecule has 0 aliphatic carbocycles. The average Bonchev–Trinajstić information content (AvgIpc) is 2.62. The van der Waals surface area contributed by atoms with Crippen molar-refractivity contribution >= 4 is 40.0 Å². The molecule has 0 saturated carbocycles. The van der Waals surface area contributed by atoms with Crippen LogP contribution in [0.4, 0.5) is 4.39 Å². The van der Waals surface area contributed by atoms with E-state index >= 15 is 0 Å². The van der Waals surface area contributed by atoms with Crippen LogP contribution in [-0.4, -0.2) is 40.0 Å². The Bertz CT molecular complexity index is 943. The first-order valence-electron chi connectivity index (χ1n) is 8.19. The van der Waals surface area contributed by atoms with E-state index in [-0.39, 0.29) is 6.42 Å². The van der Waals surface area contributed by atoms with Gasteiger partial charge in [0, 0.05) is 16.6 Å². The molecule has 0 bridgehead atoms. The van der Waals surface area contributed by atoms with Gasteiger partial charge in [0.05, 0.1) is 6.42 Å². The summed E-state index contributed by atoms with van der Waals surface area (Å²) in [6, 6.07) is 3.86. The molecule has 1 amide bonds. The molecule has 7 nitrogen and oxygen atoms in total. The van der Waals surface area contributed by atoms with Gasteiger partial charge in [0.15, 0.2) is 5.78 Å². The molecule has 27 heavy (non-hydrogen) atoms. The molecule has 1 aromatic heterocycles. The van der Waals surface area contributed by atoms with E-state index in [1.807, 2.05) is 0 Å². The molecule has 1 aromatic carbocycles. The van der Waals surface area contributed by atoms with Gasteiger partial charge in [-0.3, -0.25) is 19.2 Å². The minimum absolute atomic E-state index is 0.203. The van der Waals surface area contributed by atoms with Gasteiger partial charge in [0.1, 0.15) is 18.8 Å². The zero-order valence-corrected chi connectivity index (χ0v) is 15.2. The molecular weight excluding hydrogens is 379 g/mol. The second-order valence-corrected chi connectivity index (χ2v) is 6.38. The SMILES string of the molecule is CC[C@@H](C(=O)NC(CC(=O)O)C(=O)CF)n1ccc2cc(Cl)ccc2c1=O. The Morgan fingerprint density at radius 2 is 2.00 bits per heavy atom. The predicted molar refractivity (Wildman–Crippen MR) is 97.7 cm³/mol. The molecule has 0 saturated heterocycles. The Morgan fingerprint density at radius 1 is 1.30 bits per heavy atom. The molecule has 0 aliphatic rings. The Balaban J connectivity index is 2.36. The molecular formula is C18H18ClFN2O5. The largest absolute Gasteiger partial charge is 0.481 e. The monoisotopic (exact) mass is 396 g/mol. The summed E-state index contributed by atoms with van der Waals surface area (Å²) < 4.78 is 13.9. The number of aliphatic carboxylic acids is 1. The number of fused-ring (bicyclic) bond motifs is 1. The van der Waals surface area contributed by atoms with Crippen LogP contribution in [0.1, 0.15) is 25.8 Å². The Morgan fingerprint density at radius 3 is 2.59 bits per heavy atom. The van der Waals surface area contributed by atoms with Crippen molar-refractivity contribution in [1.29, 1.82) is 0 Å². The Hall–Kier alpha value is -2.74. The molecule has 2 aromatic rings. The molecule has 2 rings (SSSR count). The van der Waals surface area contributed by atoms with Gasteiger partial charge in [-0.15, -0.1) is 0 Å². The maximum atomic E-state index is 12.7. The second-order valence-electron chi connectivity index (χ2n) is 5.94. The van der Waals surface area contributed by atoms with Crippen LogP contribution in [-0.2, 0) is 14.4 Å². The minimum Gasteiger partial charge on any atom is -0.481 e. The Labute approximate surface area is 158 Å². The van der Waals surface area contributed by atoms with Gasteiger partial charge in [-0.1, -0.05) is 18.5 Å². The van der Waals surface area contributed by atoms with Gasteiger partial charge < -0.3 is 15.0 Å². The van der Waals surface area contributed by atoms with E-state index in [1.54, 1.807) is 31.2 Å². The number of rotatable bonds is 8. The van der Waals surface area contributed by atoms with Crippen molar-refractivity contribution in [1.82, 2.24) is 9.88 Å². The maximum absolute atomic E-state index is 12.7. The van der Waals surface area contributed by atoms with E-state index in [9.17, 15) is 23.6 Å². The number of ketones is 1. The van der Waals surface area contributed by atoms with Crippen LogP contribution in [0.15, 0.2) is 35.3 Å². The van der Waals surface area contributed by atoms with E-state index < -0.39 is 48.4 Å². The van der Waals surface area contributed by atoms with Gasteiger partial charge in [0.25, 0.3) is 5.56 Å². The lowest BCUT2D eigenvalue weighted by molar-refractivity contribution is -0.140. The fraction of sp³-hybridized carbons (Fsp3) is 0.333. The number of carbonyl (C=O) groups excluding carboxylic acids is 2. The van der Waals surface area contributed by atoms with Crippen LogP contribution >= 0.6 is 11.6 Å². The lowest BCUT2D eigenvalue weighted by Crippen LogP contribution is -2.47. The number of hydrogen-bond donors (Lipinski definition) is 2. The van der Waals surface area contributed by atoms with Gasteiger partial charge in [0.2, 0.25) is 5.91 Å². The van der Waals surface area contributed by atoms with E-state index in [4.69, 9.17) is 16.7 Å². The predicted octanol–water partition coefficient (Wildman–Crippen LogP) is 2.10. The fourth-order valence-electron chi connectivity index (χ4n) is 2.77. The van der Waals surface area contributed by atoms with E-state index in [0.29, 0.717) is 15.8 Å². The number of Topliss-reactive ketones (excluding diaryl/α,β-unsaturated/α-hetero) is 1. The standard InChI is InChI=1S/C18H18ClFN2O5/c1-2-14(17(26)21-13(8-16(24)25)15(23)9-20)22-6-5-10-7-11(19)3-4-12(10)18(22)27/h3-7,13-14H,2,8-9H2,1H3,(H,21,26)(H,24,25)/t13?,14-/m0/s1. The van der Waals surface area contributed by atoms with Crippen LogP contribution in [0, 0.1) is 0 Å². The third-order valence-corrected chi connectivity index (χ3v) is 4.37. The summed E-state index contributed by atoms with van der Waals surface area (Å²) in [7, 11) is 0. The highest BCUT2D eigenvalue weighted by atomic mass is 35.5. The maximum Gasteiger partial charge on any atom is 0.305 e. The topological polar surface area (TPSA) is 105 Å². The van der Waals surface area contributed by atoms with Crippen molar-refractivity contribution < 1.29 is 23.9 Å². The highest BCUT2D eigenvalue weighted by Crippen LogP contribution is 2.18. The number of hydrogen-bond acceptors (Lipinski definition) is 4. The lowest BCUT2D eigenvalue weighted by atomic mass is 10.1. The summed E-state index contributed by atoms with van der Waals surface area (Å²) in [5, 5.41) is 12.5. The zero-order chi connectivity index (χ0) is 20.1. The van der Waals surface area contributed by atoms with Crippen molar-refractivity contribution in [3.8, 4) is 0 Å². The molecule has 2 atom stereocenters. The summed E-state index contributed by atoms with van der Waals surface area (Å²) in [6.07, 6.45) is 0.891. The summed E-state index contributed by atoms with van der Waals surface area (Å²) in [4.78, 5) is 47.7. The van der Waals surface area contributed by atoms with Gasteiger partial charge in [-0.25, -0.2) is 4.39 Å². The third-order valence-electron chi connectivity index (χ3n) is 4.13. The molecule has 0 aliphatic heterocycles. The number of alkyl halides is 1. The number of carboxylic acids is 1. The normalized spacial score (nSPS) is 13.1. The molecule has 0 radical (unpaired) electrons.